The fourth-order valence-corrected chi connectivity index (χ4v) is 2.12. The molecule has 3 N–H and O–H groups in total. The van der Waals surface area contributed by atoms with Crippen molar-refractivity contribution in [3.63, 3.8) is 0 Å². The molecule has 0 atom stereocenters. The van der Waals surface area contributed by atoms with Gasteiger partial charge in [-0.25, -0.2) is 4.98 Å². The third-order valence-corrected chi connectivity index (χ3v) is 3.20. The van der Waals surface area contributed by atoms with Crippen LogP contribution in [0.1, 0.15) is 34.9 Å². The van der Waals surface area contributed by atoms with E-state index in [0.29, 0.717) is 23.2 Å². The second-order valence-corrected chi connectivity index (χ2v) is 4.97. The van der Waals surface area contributed by atoms with Crippen molar-refractivity contribution < 1.29 is 4.79 Å². The van der Waals surface area contributed by atoms with Gasteiger partial charge < -0.3 is 15.6 Å². The van der Waals surface area contributed by atoms with Gasteiger partial charge in [-0.1, -0.05) is 0 Å². The number of anilines is 2. The maximum Gasteiger partial charge on any atom is 0.273 e. The lowest BCUT2D eigenvalue weighted by Crippen LogP contribution is -2.17. The average Bonchev–Trinajstić information content (AvgIpc) is 3.12. The Balaban J connectivity index is 1.84. The van der Waals surface area contributed by atoms with E-state index in [-0.39, 0.29) is 5.91 Å². The monoisotopic (exact) mass is 256 g/mol. The first-order valence-electron chi connectivity index (χ1n) is 6.35. The molecule has 19 heavy (non-hydrogen) atoms. The standard InChI is InChI=1S/C14H16N4O/c1-9-4-5-16-13(6-9)17-14(19)12-7-10(15)8-18(12)11-2-3-11/h4-8,11H,2-3,15H2,1H3,(H,16,17,19). The lowest BCUT2D eigenvalue weighted by Gasteiger charge is -2.08. The minimum atomic E-state index is -0.165. The van der Waals surface area contributed by atoms with Gasteiger partial charge in [0.05, 0.1) is 5.69 Å². The first-order valence-corrected chi connectivity index (χ1v) is 6.35. The van der Waals surface area contributed by atoms with Crippen molar-refractivity contribution in [2.75, 3.05) is 11.1 Å². The maximum absolute atomic E-state index is 12.3. The molecule has 1 fully saturated rings. The van der Waals surface area contributed by atoms with Crippen LogP contribution in [0, 0.1) is 6.92 Å². The fraction of sp³-hybridized carbons (Fsp3) is 0.286. The summed E-state index contributed by atoms with van der Waals surface area (Å²) in [6.45, 7) is 1.96. The Bertz CT molecular complexity index is 628. The third kappa shape index (κ3) is 2.45. The van der Waals surface area contributed by atoms with Crippen molar-refractivity contribution in [3.05, 3.63) is 41.9 Å². The summed E-state index contributed by atoms with van der Waals surface area (Å²) in [6, 6.07) is 5.86. The molecule has 0 aliphatic heterocycles. The molecule has 2 aromatic rings. The molecule has 0 bridgehead atoms. The zero-order valence-electron chi connectivity index (χ0n) is 10.8. The third-order valence-electron chi connectivity index (χ3n) is 3.20. The molecule has 3 rings (SSSR count). The average molecular weight is 256 g/mol. The van der Waals surface area contributed by atoms with Crippen LogP contribution in [0.5, 0.6) is 0 Å². The Morgan fingerprint density at radius 3 is 2.95 bits per heavy atom. The summed E-state index contributed by atoms with van der Waals surface area (Å²) < 4.78 is 1.96. The number of nitrogens with one attached hydrogen (secondary N) is 1. The smallest absolute Gasteiger partial charge is 0.273 e. The summed E-state index contributed by atoms with van der Waals surface area (Å²) in [5.74, 6) is 0.397. The molecule has 0 spiro atoms. The van der Waals surface area contributed by atoms with E-state index >= 15 is 0 Å². The minimum absolute atomic E-state index is 0.165. The number of aryl methyl sites for hydroxylation is 1. The summed E-state index contributed by atoms with van der Waals surface area (Å²) in [5, 5.41) is 2.81. The number of aromatic nitrogens is 2. The van der Waals surface area contributed by atoms with Crippen LogP contribution in [0.15, 0.2) is 30.6 Å². The molecule has 5 nitrogen and oxygen atoms in total. The Labute approximate surface area is 111 Å². The fourth-order valence-electron chi connectivity index (χ4n) is 2.12. The molecule has 0 unspecified atom stereocenters. The van der Waals surface area contributed by atoms with Crippen LogP contribution in [0.2, 0.25) is 0 Å². The number of amides is 1. The van der Waals surface area contributed by atoms with Crippen molar-refractivity contribution in [1.29, 1.82) is 0 Å². The first-order chi connectivity index (χ1) is 9.13. The number of nitrogens with zero attached hydrogens (tertiary/aromatic N) is 2. The highest BCUT2D eigenvalue weighted by Crippen LogP contribution is 2.37. The lowest BCUT2D eigenvalue weighted by molar-refractivity contribution is 0.101. The number of hydrogen-bond acceptors (Lipinski definition) is 3. The Kier molecular flexibility index (Phi) is 2.74. The van der Waals surface area contributed by atoms with Crippen LogP contribution in [-0.2, 0) is 0 Å². The predicted octanol–water partition coefficient (Wildman–Crippen LogP) is 2.36. The molecule has 0 saturated heterocycles. The zero-order valence-corrected chi connectivity index (χ0v) is 10.8. The van der Waals surface area contributed by atoms with Crippen molar-refractivity contribution in [2.24, 2.45) is 0 Å². The number of carbonyl (C=O) groups excluding carboxylic acids is 1. The van der Waals surface area contributed by atoms with Crippen molar-refractivity contribution in [1.82, 2.24) is 9.55 Å². The van der Waals surface area contributed by atoms with Crippen LogP contribution >= 0.6 is 0 Å². The van der Waals surface area contributed by atoms with E-state index in [9.17, 15) is 4.79 Å². The number of pyridine rings is 1. The molecular formula is C14H16N4O. The normalized spacial score (nSPS) is 14.4. The molecule has 1 aliphatic carbocycles. The topological polar surface area (TPSA) is 72.9 Å². The van der Waals surface area contributed by atoms with Crippen molar-refractivity contribution >= 4 is 17.4 Å². The van der Waals surface area contributed by atoms with E-state index in [1.165, 1.54) is 0 Å². The van der Waals surface area contributed by atoms with Crippen LogP contribution < -0.4 is 11.1 Å². The van der Waals surface area contributed by atoms with Gasteiger partial charge in [-0.2, -0.15) is 0 Å². The Morgan fingerprint density at radius 1 is 1.47 bits per heavy atom. The van der Waals surface area contributed by atoms with E-state index in [4.69, 9.17) is 5.73 Å². The summed E-state index contributed by atoms with van der Waals surface area (Å²) in [4.78, 5) is 16.4. The van der Waals surface area contributed by atoms with E-state index in [1.807, 2.05) is 29.8 Å². The molecule has 0 aromatic carbocycles. The Hall–Kier alpha value is -2.30. The highest BCUT2D eigenvalue weighted by atomic mass is 16.2. The Morgan fingerprint density at radius 2 is 2.26 bits per heavy atom. The second kappa shape index (κ2) is 4.42. The second-order valence-electron chi connectivity index (χ2n) is 4.97. The quantitative estimate of drug-likeness (QED) is 0.885. The van der Waals surface area contributed by atoms with Crippen molar-refractivity contribution in [2.45, 2.75) is 25.8 Å². The summed E-state index contributed by atoms with van der Waals surface area (Å²) in [5.41, 5.74) is 8.06. The van der Waals surface area contributed by atoms with Gasteiger partial charge in [0.2, 0.25) is 0 Å². The summed E-state index contributed by atoms with van der Waals surface area (Å²) in [7, 11) is 0. The number of rotatable bonds is 3. The largest absolute Gasteiger partial charge is 0.397 e. The van der Waals surface area contributed by atoms with Gasteiger partial charge >= 0.3 is 0 Å². The van der Waals surface area contributed by atoms with E-state index in [0.717, 1.165) is 18.4 Å². The van der Waals surface area contributed by atoms with Gasteiger partial charge in [-0.05, 0) is 43.5 Å². The molecule has 2 aromatic heterocycles. The first kappa shape index (κ1) is 11.8. The molecule has 2 heterocycles. The van der Waals surface area contributed by atoms with Gasteiger partial charge in [-0.15, -0.1) is 0 Å². The predicted molar refractivity (Wildman–Crippen MR) is 74.0 cm³/mol. The van der Waals surface area contributed by atoms with Crippen LogP contribution in [0.25, 0.3) is 0 Å². The van der Waals surface area contributed by atoms with E-state index in [2.05, 4.69) is 10.3 Å². The van der Waals surface area contributed by atoms with Gasteiger partial charge in [0.25, 0.3) is 5.91 Å². The molecular weight excluding hydrogens is 240 g/mol. The van der Waals surface area contributed by atoms with E-state index in [1.54, 1.807) is 12.3 Å². The van der Waals surface area contributed by atoms with Gasteiger partial charge in [0, 0.05) is 18.4 Å². The molecule has 1 saturated carbocycles. The van der Waals surface area contributed by atoms with Crippen molar-refractivity contribution in [3.8, 4) is 0 Å². The number of nitrogen functional groups attached to an aromatic ring is 1. The van der Waals surface area contributed by atoms with Crippen LogP contribution in [-0.4, -0.2) is 15.5 Å². The number of nitrogens with two attached hydrogens (primary N) is 1. The number of hydrogen-bond donors (Lipinski definition) is 2. The van der Waals surface area contributed by atoms with Gasteiger partial charge in [0.15, 0.2) is 0 Å². The minimum Gasteiger partial charge on any atom is -0.397 e. The summed E-state index contributed by atoms with van der Waals surface area (Å²) >= 11 is 0. The summed E-state index contributed by atoms with van der Waals surface area (Å²) in [6.07, 6.45) is 5.73. The molecule has 0 radical (unpaired) electrons. The SMILES string of the molecule is Cc1ccnc(NC(=O)c2cc(N)cn2C2CC2)c1. The molecule has 98 valence electrons. The van der Waals surface area contributed by atoms with Gasteiger partial charge in [-0.3, -0.25) is 4.79 Å². The van der Waals surface area contributed by atoms with Gasteiger partial charge in [0.1, 0.15) is 11.5 Å². The highest BCUT2D eigenvalue weighted by Gasteiger charge is 2.27. The maximum atomic E-state index is 12.3. The molecule has 1 aliphatic rings. The van der Waals surface area contributed by atoms with E-state index < -0.39 is 0 Å². The lowest BCUT2D eigenvalue weighted by atomic mass is 10.3. The highest BCUT2D eigenvalue weighted by molar-refractivity contribution is 6.03. The molecule has 1 amide bonds. The van der Waals surface area contributed by atoms with Crippen LogP contribution in [0.3, 0.4) is 0 Å². The molecule has 5 heteroatoms. The van der Waals surface area contributed by atoms with Crippen LogP contribution in [0.4, 0.5) is 11.5 Å². The zero-order chi connectivity index (χ0) is 13.4. The number of carbonyl (C=O) groups is 1.